The highest BCUT2D eigenvalue weighted by molar-refractivity contribution is 5.78. The zero-order chi connectivity index (χ0) is 21.1. The number of hydrogen-bond donors (Lipinski definition) is 3. The number of piperazine rings is 1. The molecular formula is C20H25FN6O3. The van der Waals surface area contributed by atoms with E-state index in [1.54, 1.807) is 17.0 Å². The van der Waals surface area contributed by atoms with E-state index in [1.807, 2.05) is 23.1 Å². The third-order valence-corrected chi connectivity index (χ3v) is 5.45. The first kappa shape index (κ1) is 20.3. The lowest BCUT2D eigenvalue weighted by molar-refractivity contribution is -0.384. The van der Waals surface area contributed by atoms with Gasteiger partial charge in [0.1, 0.15) is 12.0 Å². The number of nitro groups is 1. The molecule has 2 fully saturated rings. The van der Waals surface area contributed by atoms with E-state index in [2.05, 4.69) is 15.6 Å². The lowest BCUT2D eigenvalue weighted by Gasteiger charge is -2.33. The number of aromatic nitrogens is 1. The van der Waals surface area contributed by atoms with E-state index in [0.717, 1.165) is 18.5 Å². The average molecular weight is 416 g/mol. The Kier molecular flexibility index (Phi) is 5.96. The smallest absolute Gasteiger partial charge is 0.311 e. The summed E-state index contributed by atoms with van der Waals surface area (Å²) < 4.78 is 13.8. The molecule has 10 heteroatoms. The normalized spacial score (nSPS) is 22.1. The number of nitrogens with zero attached hydrogens (tertiary/aromatic N) is 4. The van der Waals surface area contributed by atoms with Crippen LogP contribution in [0.15, 0.2) is 36.4 Å². The van der Waals surface area contributed by atoms with E-state index in [9.17, 15) is 19.6 Å². The van der Waals surface area contributed by atoms with Gasteiger partial charge in [0.25, 0.3) is 0 Å². The molecule has 2 atom stereocenters. The number of benzene rings is 1. The first-order valence-electron chi connectivity index (χ1n) is 10.1. The van der Waals surface area contributed by atoms with Crippen LogP contribution in [0.25, 0.3) is 0 Å². The molecule has 1 aromatic carbocycles. The van der Waals surface area contributed by atoms with Crippen LogP contribution in [-0.4, -0.2) is 53.7 Å². The fourth-order valence-corrected chi connectivity index (χ4v) is 3.93. The van der Waals surface area contributed by atoms with Crippen molar-refractivity contribution >= 4 is 28.7 Å². The highest BCUT2D eigenvalue weighted by Gasteiger charge is 2.26. The van der Waals surface area contributed by atoms with Gasteiger partial charge < -0.3 is 20.2 Å². The fraction of sp³-hybridized carbons (Fsp3) is 0.450. The van der Waals surface area contributed by atoms with Crippen LogP contribution in [0, 0.1) is 10.1 Å². The molecule has 30 heavy (non-hydrogen) atoms. The zero-order valence-electron chi connectivity index (χ0n) is 16.5. The highest BCUT2D eigenvalue weighted by atomic mass is 19.1. The van der Waals surface area contributed by atoms with Gasteiger partial charge in [-0.25, -0.2) is 9.37 Å². The maximum absolute atomic E-state index is 13.8. The van der Waals surface area contributed by atoms with Crippen molar-refractivity contribution in [3.63, 3.8) is 0 Å². The maximum Gasteiger partial charge on any atom is 0.311 e. The highest BCUT2D eigenvalue weighted by Crippen LogP contribution is 2.34. The van der Waals surface area contributed by atoms with Gasteiger partial charge in [-0.05, 0) is 37.5 Å². The Balaban J connectivity index is 1.67. The van der Waals surface area contributed by atoms with Gasteiger partial charge in [-0.1, -0.05) is 12.1 Å². The van der Waals surface area contributed by atoms with Crippen molar-refractivity contribution in [1.29, 1.82) is 0 Å². The monoisotopic (exact) mass is 416 g/mol. The molecule has 2 unspecified atom stereocenters. The lowest BCUT2D eigenvalue weighted by Crippen LogP contribution is -2.48. The van der Waals surface area contributed by atoms with Crippen molar-refractivity contribution in [2.45, 2.75) is 31.8 Å². The number of aliphatic hydroxyl groups is 1. The molecule has 0 amide bonds. The number of nitrogens with one attached hydrogen (secondary N) is 2. The molecule has 0 bridgehead atoms. The maximum atomic E-state index is 13.8. The molecule has 0 saturated carbocycles. The Labute approximate surface area is 173 Å². The molecule has 0 radical (unpaired) electrons. The van der Waals surface area contributed by atoms with Gasteiger partial charge in [0.2, 0.25) is 5.82 Å². The zero-order valence-corrected chi connectivity index (χ0v) is 16.5. The Morgan fingerprint density at radius 3 is 2.83 bits per heavy atom. The summed E-state index contributed by atoms with van der Waals surface area (Å²) in [7, 11) is 0. The quantitative estimate of drug-likeness (QED) is 0.388. The number of aliphatic hydroxyl groups excluding tert-OH is 1. The molecule has 4 rings (SSSR count). The number of piperidine rings is 1. The van der Waals surface area contributed by atoms with Crippen molar-refractivity contribution in [2.75, 3.05) is 41.3 Å². The summed E-state index contributed by atoms with van der Waals surface area (Å²) in [6, 6.07) is 10.3. The van der Waals surface area contributed by atoms with E-state index in [1.165, 1.54) is 6.07 Å². The largest absolute Gasteiger partial charge is 0.374 e. The molecule has 2 saturated heterocycles. The number of alkyl halides is 1. The van der Waals surface area contributed by atoms with Crippen molar-refractivity contribution in [1.82, 2.24) is 10.3 Å². The van der Waals surface area contributed by atoms with Crippen LogP contribution in [0.3, 0.4) is 0 Å². The van der Waals surface area contributed by atoms with Gasteiger partial charge in [-0.2, -0.15) is 0 Å². The van der Waals surface area contributed by atoms with Gasteiger partial charge >= 0.3 is 5.69 Å². The summed E-state index contributed by atoms with van der Waals surface area (Å²) >= 11 is 0. The Morgan fingerprint density at radius 2 is 2.07 bits per heavy atom. The van der Waals surface area contributed by atoms with E-state index in [-0.39, 0.29) is 18.1 Å². The molecule has 2 aliphatic heterocycles. The minimum absolute atomic E-state index is 0.0923. The van der Waals surface area contributed by atoms with Crippen LogP contribution < -0.4 is 20.4 Å². The topological polar surface area (TPSA) is 107 Å². The predicted molar refractivity (Wildman–Crippen MR) is 113 cm³/mol. The van der Waals surface area contributed by atoms with Gasteiger partial charge in [0.05, 0.1) is 22.8 Å². The van der Waals surface area contributed by atoms with Crippen LogP contribution in [0.5, 0.6) is 0 Å². The van der Waals surface area contributed by atoms with Crippen molar-refractivity contribution < 1.29 is 14.4 Å². The van der Waals surface area contributed by atoms with E-state index in [4.69, 9.17) is 0 Å². The van der Waals surface area contributed by atoms with Crippen LogP contribution in [0.1, 0.15) is 19.3 Å². The van der Waals surface area contributed by atoms with E-state index >= 15 is 0 Å². The summed E-state index contributed by atoms with van der Waals surface area (Å²) in [5, 5.41) is 27.7. The molecule has 0 spiro atoms. The van der Waals surface area contributed by atoms with Crippen LogP contribution in [0.4, 0.5) is 33.1 Å². The molecule has 160 valence electrons. The molecule has 3 N–H and O–H groups in total. The third-order valence-electron chi connectivity index (χ3n) is 5.45. The standard InChI is InChI=1S/C20H25FN6O3/c21-17-13-25(12-10-22-17)15-6-2-1-5-14(15)23-20-16(27(29)30)8-9-18(24-20)26-11-4-3-7-19(26)28/h1-2,5-6,8-9,17,19,22,28H,3-4,7,10-13H2,(H,23,24). The molecular weight excluding hydrogens is 391 g/mol. The Hall–Kier alpha value is -2.98. The van der Waals surface area contributed by atoms with Crippen molar-refractivity contribution in [3.05, 3.63) is 46.5 Å². The fourth-order valence-electron chi connectivity index (χ4n) is 3.93. The van der Waals surface area contributed by atoms with Gasteiger partial charge in [0.15, 0.2) is 6.30 Å². The summed E-state index contributed by atoms with van der Waals surface area (Å²) in [5.74, 6) is 0.577. The SMILES string of the molecule is O=[N+]([O-])c1ccc(N2CCCCC2O)nc1Nc1ccccc1N1CCNC(F)C1. The van der Waals surface area contributed by atoms with Crippen LogP contribution in [0.2, 0.25) is 0 Å². The minimum Gasteiger partial charge on any atom is -0.374 e. The van der Waals surface area contributed by atoms with Gasteiger partial charge in [0, 0.05) is 25.7 Å². The molecule has 1 aromatic heterocycles. The number of rotatable bonds is 5. The molecule has 2 aliphatic rings. The Morgan fingerprint density at radius 1 is 1.23 bits per heavy atom. The second-order valence-corrected chi connectivity index (χ2v) is 7.47. The van der Waals surface area contributed by atoms with Crippen LogP contribution >= 0.6 is 0 Å². The van der Waals surface area contributed by atoms with Crippen LogP contribution in [-0.2, 0) is 0 Å². The number of para-hydroxylation sites is 2. The number of halogens is 1. The van der Waals surface area contributed by atoms with E-state index in [0.29, 0.717) is 37.6 Å². The lowest BCUT2D eigenvalue weighted by atomic mass is 10.1. The Bertz CT molecular complexity index is 914. The number of pyridine rings is 1. The molecule has 0 aliphatic carbocycles. The number of hydrogen-bond acceptors (Lipinski definition) is 8. The molecule has 3 heterocycles. The van der Waals surface area contributed by atoms with E-state index < -0.39 is 17.4 Å². The van der Waals surface area contributed by atoms with Crippen molar-refractivity contribution in [2.24, 2.45) is 0 Å². The second-order valence-electron chi connectivity index (χ2n) is 7.47. The summed E-state index contributed by atoms with van der Waals surface area (Å²) in [6.07, 6.45) is 0.703. The van der Waals surface area contributed by atoms with Gasteiger partial charge in [-0.3, -0.25) is 15.4 Å². The minimum atomic E-state index is -1.14. The summed E-state index contributed by atoms with van der Waals surface area (Å²) in [6.45, 7) is 1.96. The average Bonchev–Trinajstić information content (AvgIpc) is 2.74. The van der Waals surface area contributed by atoms with Crippen molar-refractivity contribution in [3.8, 4) is 0 Å². The van der Waals surface area contributed by atoms with Gasteiger partial charge in [-0.15, -0.1) is 0 Å². The first-order chi connectivity index (χ1) is 14.5. The first-order valence-corrected chi connectivity index (χ1v) is 10.1. The second kappa shape index (κ2) is 8.80. The number of anilines is 4. The summed E-state index contributed by atoms with van der Waals surface area (Å²) in [4.78, 5) is 19.2. The molecule has 9 nitrogen and oxygen atoms in total. The molecule has 2 aromatic rings. The third kappa shape index (κ3) is 4.29. The predicted octanol–water partition coefficient (Wildman–Crippen LogP) is 2.75. The summed E-state index contributed by atoms with van der Waals surface area (Å²) in [5.41, 5.74) is 1.20.